The van der Waals surface area contributed by atoms with Crippen LogP contribution in [-0.4, -0.2) is 53.0 Å². The summed E-state index contributed by atoms with van der Waals surface area (Å²) in [6.45, 7) is 9.94. The van der Waals surface area contributed by atoms with Crippen LogP contribution in [0, 0.1) is 6.92 Å². The molecule has 3 N–H and O–H groups in total. The monoisotopic (exact) mass is 529 g/mol. The van der Waals surface area contributed by atoms with Crippen molar-refractivity contribution in [3.8, 4) is 11.5 Å². The topological polar surface area (TPSA) is 91.5 Å². The Bertz CT molecular complexity index is 1310. The summed E-state index contributed by atoms with van der Waals surface area (Å²) in [6.07, 6.45) is 0.728. The third kappa shape index (κ3) is 6.49. The highest BCUT2D eigenvalue weighted by Crippen LogP contribution is 2.40. The number of ketones is 1. The van der Waals surface area contributed by atoms with E-state index in [-0.39, 0.29) is 17.1 Å². The van der Waals surface area contributed by atoms with Crippen molar-refractivity contribution in [2.45, 2.75) is 39.8 Å². The van der Waals surface area contributed by atoms with Gasteiger partial charge in [-0.2, -0.15) is 0 Å². The number of carbonyl (C=O) groups excluding carboxylic acids is 2. The zero-order chi connectivity index (χ0) is 27.9. The number of nitrogens with zero attached hydrogens (tertiary/aromatic N) is 1. The van der Waals surface area contributed by atoms with Crippen LogP contribution in [0.2, 0.25) is 0 Å². The number of nitrogens with one attached hydrogen (secondary N) is 1. The van der Waals surface area contributed by atoms with E-state index < -0.39 is 17.7 Å². The Kier molecular flexibility index (Phi) is 9.04. The molecule has 0 aliphatic carbocycles. The van der Waals surface area contributed by atoms with Crippen molar-refractivity contribution in [3.05, 3.63) is 101 Å². The molecule has 204 valence electrons. The number of ether oxygens (including phenoxy) is 1. The number of hydrogen-bond acceptors (Lipinski definition) is 5. The molecule has 1 saturated heterocycles. The zero-order valence-electron chi connectivity index (χ0n) is 22.8. The number of quaternary nitrogens is 1. The number of phenolic OH excluding ortho intramolecular Hbond substituents is 1. The van der Waals surface area contributed by atoms with Crippen LogP contribution in [0.1, 0.15) is 48.6 Å². The molecule has 7 heteroatoms. The highest BCUT2D eigenvalue weighted by Gasteiger charge is 2.45. The number of likely N-dealkylation sites (tertiary alicyclic amines) is 1. The van der Waals surface area contributed by atoms with E-state index in [1.807, 2.05) is 31.2 Å². The third-order valence-electron chi connectivity index (χ3n) is 7.33. The fourth-order valence-electron chi connectivity index (χ4n) is 4.93. The molecule has 0 radical (unpaired) electrons. The minimum Gasteiger partial charge on any atom is -0.508 e. The molecule has 1 aliphatic heterocycles. The number of aromatic hydroxyl groups is 1. The molecule has 0 spiro atoms. The highest BCUT2D eigenvalue weighted by atomic mass is 16.5. The van der Waals surface area contributed by atoms with Gasteiger partial charge >= 0.3 is 0 Å². The summed E-state index contributed by atoms with van der Waals surface area (Å²) in [5.41, 5.74) is 3.35. The van der Waals surface area contributed by atoms with E-state index in [1.54, 1.807) is 41.3 Å². The largest absolute Gasteiger partial charge is 0.508 e. The van der Waals surface area contributed by atoms with E-state index in [0.29, 0.717) is 30.0 Å². The van der Waals surface area contributed by atoms with E-state index in [0.717, 1.165) is 31.6 Å². The first-order valence-corrected chi connectivity index (χ1v) is 13.5. The van der Waals surface area contributed by atoms with E-state index in [9.17, 15) is 19.8 Å². The lowest BCUT2D eigenvalue weighted by atomic mass is 9.95. The number of benzene rings is 3. The summed E-state index contributed by atoms with van der Waals surface area (Å²) in [5, 5.41) is 21.1. The number of phenols is 1. The minimum atomic E-state index is -0.741. The van der Waals surface area contributed by atoms with E-state index in [2.05, 4.69) is 13.8 Å². The molecule has 1 amide bonds. The maximum absolute atomic E-state index is 13.3. The molecule has 0 saturated carbocycles. The van der Waals surface area contributed by atoms with Gasteiger partial charge in [-0.1, -0.05) is 42.0 Å². The van der Waals surface area contributed by atoms with Crippen molar-refractivity contribution in [2.75, 3.05) is 26.2 Å². The SMILES string of the molecule is CC[NH+](CC)CCCN1C(=O)C(=O)C(=C(O)c2ccc(OCc3ccc(C)cc3)cc2)[C@H]1c1ccc(O)cc1. The van der Waals surface area contributed by atoms with Crippen LogP contribution >= 0.6 is 0 Å². The molecule has 7 nitrogen and oxygen atoms in total. The van der Waals surface area contributed by atoms with Gasteiger partial charge in [0, 0.05) is 18.5 Å². The molecular weight excluding hydrogens is 492 g/mol. The molecule has 39 heavy (non-hydrogen) atoms. The van der Waals surface area contributed by atoms with Crippen molar-refractivity contribution < 1.29 is 29.4 Å². The molecule has 0 bridgehead atoms. The van der Waals surface area contributed by atoms with Crippen molar-refractivity contribution in [2.24, 2.45) is 0 Å². The number of Topliss-reactive ketones (excluding diaryl/α,β-unsaturated/α-hetero) is 1. The molecule has 3 aromatic carbocycles. The van der Waals surface area contributed by atoms with Crippen molar-refractivity contribution in [1.82, 2.24) is 4.90 Å². The van der Waals surface area contributed by atoms with Gasteiger partial charge in [-0.05, 0) is 68.3 Å². The van der Waals surface area contributed by atoms with Crippen molar-refractivity contribution in [1.29, 1.82) is 0 Å². The second-order valence-corrected chi connectivity index (χ2v) is 9.94. The van der Waals surface area contributed by atoms with Gasteiger partial charge in [0.15, 0.2) is 0 Å². The van der Waals surface area contributed by atoms with Crippen LogP contribution in [0.5, 0.6) is 11.5 Å². The summed E-state index contributed by atoms with van der Waals surface area (Å²) in [6, 6.07) is 20.6. The average Bonchev–Trinajstić information content (AvgIpc) is 3.20. The van der Waals surface area contributed by atoms with Crippen LogP contribution in [0.4, 0.5) is 0 Å². The summed E-state index contributed by atoms with van der Waals surface area (Å²) in [7, 11) is 0. The highest BCUT2D eigenvalue weighted by molar-refractivity contribution is 6.46. The van der Waals surface area contributed by atoms with Gasteiger partial charge in [0.2, 0.25) is 0 Å². The van der Waals surface area contributed by atoms with Gasteiger partial charge in [0.25, 0.3) is 11.7 Å². The number of carbonyl (C=O) groups is 2. The number of aliphatic hydroxyl groups is 1. The Morgan fingerprint density at radius 1 is 0.923 bits per heavy atom. The standard InChI is InChI=1S/C32H36N2O5/c1-4-33(5-2)19-6-20-34-29(24-11-15-26(35)16-12-24)28(31(37)32(34)38)30(36)25-13-17-27(18-14-25)39-21-23-9-7-22(3)8-10-23/h7-18,29,35-36H,4-6,19-21H2,1-3H3/p+1/t29-/m1/s1. The first-order valence-electron chi connectivity index (χ1n) is 13.5. The number of aliphatic hydroxyl groups excluding tert-OH is 1. The number of rotatable bonds is 11. The van der Waals surface area contributed by atoms with Crippen LogP contribution in [0.3, 0.4) is 0 Å². The Hall–Kier alpha value is -4.10. The van der Waals surface area contributed by atoms with E-state index in [4.69, 9.17) is 4.74 Å². The molecule has 0 unspecified atom stereocenters. The van der Waals surface area contributed by atoms with Gasteiger partial charge in [-0.25, -0.2) is 0 Å². The lowest BCUT2D eigenvalue weighted by Gasteiger charge is -2.26. The van der Waals surface area contributed by atoms with E-state index in [1.165, 1.54) is 22.6 Å². The van der Waals surface area contributed by atoms with Gasteiger partial charge in [-0.15, -0.1) is 0 Å². The fourth-order valence-corrected chi connectivity index (χ4v) is 4.93. The maximum atomic E-state index is 13.3. The lowest BCUT2D eigenvalue weighted by molar-refractivity contribution is -0.896. The fraction of sp³-hybridized carbons (Fsp3) is 0.312. The van der Waals surface area contributed by atoms with Crippen LogP contribution in [0.15, 0.2) is 78.4 Å². The first-order chi connectivity index (χ1) is 18.8. The van der Waals surface area contributed by atoms with Gasteiger partial charge in [0.1, 0.15) is 23.9 Å². The molecule has 0 aromatic heterocycles. The summed E-state index contributed by atoms with van der Waals surface area (Å²) >= 11 is 0. The molecular formula is C32H37N2O5+. The van der Waals surface area contributed by atoms with Crippen LogP contribution in [0.25, 0.3) is 5.76 Å². The van der Waals surface area contributed by atoms with Crippen molar-refractivity contribution >= 4 is 17.4 Å². The van der Waals surface area contributed by atoms with Gasteiger partial charge < -0.3 is 24.7 Å². The van der Waals surface area contributed by atoms with Crippen LogP contribution in [-0.2, 0) is 16.2 Å². The number of aryl methyl sites for hydroxylation is 1. The Labute approximate surface area is 230 Å². The van der Waals surface area contributed by atoms with E-state index >= 15 is 0 Å². The minimum absolute atomic E-state index is 0.0502. The average molecular weight is 530 g/mol. The first kappa shape index (κ1) is 27.9. The lowest BCUT2D eigenvalue weighted by Crippen LogP contribution is -3.11. The van der Waals surface area contributed by atoms with Crippen LogP contribution < -0.4 is 9.64 Å². The summed E-state index contributed by atoms with van der Waals surface area (Å²) in [4.78, 5) is 29.4. The third-order valence-corrected chi connectivity index (χ3v) is 7.33. The molecule has 1 aliphatic rings. The molecule has 1 fully saturated rings. The summed E-state index contributed by atoms with van der Waals surface area (Å²) < 4.78 is 5.88. The smallest absolute Gasteiger partial charge is 0.295 e. The molecule has 1 heterocycles. The molecule has 1 atom stereocenters. The normalized spacial score (nSPS) is 16.7. The second kappa shape index (κ2) is 12.6. The predicted molar refractivity (Wildman–Crippen MR) is 151 cm³/mol. The molecule has 3 aromatic rings. The maximum Gasteiger partial charge on any atom is 0.295 e. The predicted octanol–water partition coefficient (Wildman–Crippen LogP) is 4.02. The Morgan fingerprint density at radius 2 is 1.56 bits per heavy atom. The van der Waals surface area contributed by atoms with Gasteiger partial charge in [-0.3, -0.25) is 9.59 Å². The number of amides is 1. The quantitative estimate of drug-likeness (QED) is 0.198. The zero-order valence-corrected chi connectivity index (χ0v) is 22.8. The van der Waals surface area contributed by atoms with Gasteiger partial charge in [0.05, 0.1) is 31.2 Å². The summed E-state index contributed by atoms with van der Waals surface area (Å²) in [5.74, 6) is -0.848. The Morgan fingerprint density at radius 3 is 2.18 bits per heavy atom. The second-order valence-electron chi connectivity index (χ2n) is 9.94. The van der Waals surface area contributed by atoms with Crippen molar-refractivity contribution in [3.63, 3.8) is 0 Å². The molecule has 4 rings (SSSR count). The number of hydrogen-bond donors (Lipinski definition) is 3. The Balaban J connectivity index is 1.60.